The Morgan fingerprint density at radius 3 is 2.56 bits per heavy atom. The smallest absolute Gasteiger partial charge is 0.119 e. The summed E-state index contributed by atoms with van der Waals surface area (Å²) in [6, 6.07) is 14.6. The molecular weight excluding hydrogens is 198 g/mol. The zero-order valence-corrected chi connectivity index (χ0v) is 9.10. The van der Waals surface area contributed by atoms with Crippen LogP contribution in [0.5, 0.6) is 5.75 Å². The predicted molar refractivity (Wildman–Crippen MR) is 63.3 cm³/mol. The van der Waals surface area contributed by atoms with Gasteiger partial charge in [-0.05, 0) is 48.7 Å². The van der Waals surface area contributed by atoms with E-state index in [2.05, 4.69) is 11.1 Å². The van der Waals surface area contributed by atoms with Gasteiger partial charge in [0, 0.05) is 12.4 Å². The highest BCUT2D eigenvalue weighted by molar-refractivity contribution is 5.20. The molecule has 1 aromatic carbocycles. The van der Waals surface area contributed by atoms with Gasteiger partial charge in [-0.3, -0.25) is 4.98 Å². The van der Waals surface area contributed by atoms with E-state index in [9.17, 15) is 0 Å². The van der Waals surface area contributed by atoms with E-state index in [4.69, 9.17) is 4.74 Å². The van der Waals surface area contributed by atoms with E-state index < -0.39 is 0 Å². The highest BCUT2D eigenvalue weighted by Crippen LogP contribution is 2.09. The van der Waals surface area contributed by atoms with Crippen LogP contribution in [0, 0.1) is 6.07 Å². The van der Waals surface area contributed by atoms with Crippen molar-refractivity contribution in [2.45, 2.75) is 12.8 Å². The first kappa shape index (κ1) is 10.7. The molecule has 1 aromatic heterocycles. The summed E-state index contributed by atoms with van der Waals surface area (Å²) < 4.78 is 5.59. The number of aryl methyl sites for hydroxylation is 1. The third-order valence-electron chi connectivity index (χ3n) is 2.32. The minimum absolute atomic E-state index is 0.742. The Balaban J connectivity index is 1.70. The van der Waals surface area contributed by atoms with Gasteiger partial charge in [-0.25, -0.2) is 0 Å². The fourth-order valence-corrected chi connectivity index (χ4v) is 1.48. The Morgan fingerprint density at radius 2 is 1.81 bits per heavy atom. The van der Waals surface area contributed by atoms with Crippen molar-refractivity contribution in [2.75, 3.05) is 6.61 Å². The third kappa shape index (κ3) is 3.39. The van der Waals surface area contributed by atoms with Crippen LogP contribution in [0.2, 0.25) is 0 Å². The van der Waals surface area contributed by atoms with E-state index in [0.717, 1.165) is 25.2 Å². The van der Waals surface area contributed by atoms with Crippen molar-refractivity contribution in [2.24, 2.45) is 0 Å². The van der Waals surface area contributed by atoms with Crippen molar-refractivity contribution in [1.82, 2.24) is 4.98 Å². The van der Waals surface area contributed by atoms with Crippen LogP contribution >= 0.6 is 0 Å². The van der Waals surface area contributed by atoms with Gasteiger partial charge >= 0.3 is 0 Å². The Morgan fingerprint density at radius 1 is 1.06 bits per heavy atom. The number of hydrogen-bond donors (Lipinski definition) is 0. The molecular formula is C14H14NO. The van der Waals surface area contributed by atoms with Crippen LogP contribution in [0.1, 0.15) is 12.0 Å². The molecule has 2 nitrogen and oxygen atoms in total. The van der Waals surface area contributed by atoms with Crippen molar-refractivity contribution in [3.63, 3.8) is 0 Å². The summed E-state index contributed by atoms with van der Waals surface area (Å²) in [6.07, 6.45) is 5.69. The average Bonchev–Trinajstić information content (AvgIpc) is 2.37. The van der Waals surface area contributed by atoms with Gasteiger partial charge < -0.3 is 4.74 Å². The molecule has 0 aliphatic heterocycles. The van der Waals surface area contributed by atoms with Crippen molar-refractivity contribution in [3.05, 3.63) is 60.4 Å². The number of ether oxygens (including phenoxy) is 1. The maximum atomic E-state index is 5.59. The van der Waals surface area contributed by atoms with Crippen LogP contribution in [0.25, 0.3) is 0 Å². The topological polar surface area (TPSA) is 22.1 Å². The zero-order chi connectivity index (χ0) is 11.1. The number of rotatable bonds is 5. The molecule has 0 saturated heterocycles. The molecule has 2 heteroatoms. The molecule has 0 unspecified atom stereocenters. The molecule has 0 bridgehead atoms. The van der Waals surface area contributed by atoms with E-state index >= 15 is 0 Å². The van der Waals surface area contributed by atoms with Gasteiger partial charge in [0.05, 0.1) is 6.61 Å². The van der Waals surface area contributed by atoms with E-state index in [1.165, 1.54) is 5.56 Å². The summed E-state index contributed by atoms with van der Waals surface area (Å²) in [7, 11) is 0. The minimum atomic E-state index is 0.742. The molecule has 0 spiro atoms. The fraction of sp³-hybridized carbons (Fsp3) is 0.214. The molecule has 0 amide bonds. The van der Waals surface area contributed by atoms with E-state index in [0.29, 0.717) is 0 Å². The van der Waals surface area contributed by atoms with Gasteiger partial charge in [0.1, 0.15) is 5.75 Å². The van der Waals surface area contributed by atoms with E-state index in [-0.39, 0.29) is 0 Å². The number of pyridine rings is 1. The molecule has 0 atom stereocenters. The Labute approximate surface area is 95.9 Å². The molecule has 0 saturated carbocycles. The van der Waals surface area contributed by atoms with E-state index in [1.54, 1.807) is 0 Å². The molecule has 0 N–H and O–H groups in total. The number of aromatic nitrogens is 1. The zero-order valence-electron chi connectivity index (χ0n) is 9.10. The second kappa shape index (κ2) is 5.91. The second-order valence-electron chi connectivity index (χ2n) is 3.54. The fourth-order valence-electron chi connectivity index (χ4n) is 1.48. The minimum Gasteiger partial charge on any atom is -0.494 e. The molecule has 2 aromatic rings. The van der Waals surface area contributed by atoms with Gasteiger partial charge in [0.25, 0.3) is 0 Å². The first-order chi connectivity index (χ1) is 7.95. The Bertz CT molecular complexity index is 358. The van der Waals surface area contributed by atoms with E-state index in [1.807, 2.05) is 48.8 Å². The Hall–Kier alpha value is -1.83. The Kier molecular flexibility index (Phi) is 3.94. The summed E-state index contributed by atoms with van der Waals surface area (Å²) >= 11 is 0. The molecule has 0 aliphatic rings. The third-order valence-corrected chi connectivity index (χ3v) is 2.32. The molecule has 81 valence electrons. The van der Waals surface area contributed by atoms with Crippen LogP contribution in [0.3, 0.4) is 0 Å². The van der Waals surface area contributed by atoms with Crippen molar-refractivity contribution >= 4 is 0 Å². The summed E-state index contributed by atoms with van der Waals surface area (Å²) in [5.41, 5.74) is 1.31. The first-order valence-electron chi connectivity index (χ1n) is 5.43. The number of nitrogens with zero attached hydrogens (tertiary/aromatic N) is 1. The van der Waals surface area contributed by atoms with Crippen LogP contribution in [0.15, 0.2) is 48.8 Å². The molecule has 1 radical (unpaired) electrons. The molecule has 1 heterocycles. The average molecular weight is 212 g/mol. The number of hydrogen-bond acceptors (Lipinski definition) is 2. The summed E-state index contributed by atoms with van der Waals surface area (Å²) in [5, 5.41) is 0. The standard InChI is InChI=1S/C14H14NO/c1-2-6-14(7-3-1)16-12-4-5-13-8-10-15-11-9-13/h2-3,6-11H,4-5,12H2. The SMILES string of the molecule is [c]1ccc(OCCCc2ccncc2)cc1. The van der Waals surface area contributed by atoms with Crippen LogP contribution in [-0.2, 0) is 6.42 Å². The molecule has 2 rings (SSSR count). The van der Waals surface area contributed by atoms with Crippen LogP contribution in [0.4, 0.5) is 0 Å². The maximum Gasteiger partial charge on any atom is 0.119 e. The van der Waals surface area contributed by atoms with Crippen LogP contribution in [-0.4, -0.2) is 11.6 Å². The van der Waals surface area contributed by atoms with Gasteiger partial charge in [-0.1, -0.05) is 12.1 Å². The normalized spacial score (nSPS) is 10.0. The number of benzene rings is 1. The summed E-state index contributed by atoms with van der Waals surface area (Å²) in [6.45, 7) is 0.742. The van der Waals surface area contributed by atoms with Crippen molar-refractivity contribution in [3.8, 4) is 5.75 Å². The maximum absolute atomic E-state index is 5.59. The summed E-state index contributed by atoms with van der Waals surface area (Å²) in [4.78, 5) is 3.99. The monoisotopic (exact) mass is 212 g/mol. The van der Waals surface area contributed by atoms with Crippen molar-refractivity contribution in [1.29, 1.82) is 0 Å². The van der Waals surface area contributed by atoms with Gasteiger partial charge in [-0.15, -0.1) is 0 Å². The van der Waals surface area contributed by atoms with Gasteiger partial charge in [-0.2, -0.15) is 0 Å². The van der Waals surface area contributed by atoms with Crippen molar-refractivity contribution < 1.29 is 4.74 Å². The molecule has 0 fully saturated rings. The first-order valence-corrected chi connectivity index (χ1v) is 5.43. The molecule has 0 aliphatic carbocycles. The van der Waals surface area contributed by atoms with Crippen LogP contribution < -0.4 is 4.74 Å². The highest BCUT2D eigenvalue weighted by Gasteiger charge is 1.94. The predicted octanol–water partition coefficient (Wildman–Crippen LogP) is 2.89. The van der Waals surface area contributed by atoms with Gasteiger partial charge in [0.2, 0.25) is 0 Å². The quantitative estimate of drug-likeness (QED) is 0.711. The second-order valence-corrected chi connectivity index (χ2v) is 3.54. The lowest BCUT2D eigenvalue weighted by Gasteiger charge is -2.05. The highest BCUT2D eigenvalue weighted by atomic mass is 16.5. The largest absolute Gasteiger partial charge is 0.494 e. The molecule has 16 heavy (non-hydrogen) atoms. The van der Waals surface area contributed by atoms with Gasteiger partial charge in [0.15, 0.2) is 0 Å². The lowest BCUT2D eigenvalue weighted by molar-refractivity contribution is 0.311. The summed E-state index contributed by atoms with van der Waals surface area (Å²) in [5.74, 6) is 0.911. The lowest BCUT2D eigenvalue weighted by Crippen LogP contribution is -1.99. The lowest BCUT2D eigenvalue weighted by atomic mass is 10.1.